The van der Waals surface area contributed by atoms with Gasteiger partial charge in [0.05, 0.1) is 5.52 Å². The third kappa shape index (κ3) is 2.92. The number of ether oxygens (including phenoxy) is 1. The first-order valence-corrected chi connectivity index (χ1v) is 6.45. The quantitative estimate of drug-likeness (QED) is 0.804. The number of aromatic amines is 1. The van der Waals surface area contributed by atoms with Crippen LogP contribution in [0.5, 0.6) is 5.75 Å². The first-order valence-electron chi connectivity index (χ1n) is 6.45. The van der Waals surface area contributed by atoms with E-state index in [1.807, 2.05) is 6.07 Å². The lowest BCUT2D eigenvalue weighted by molar-refractivity contribution is -0.274. The minimum Gasteiger partial charge on any atom is -0.404 e. The molecule has 0 bridgehead atoms. The maximum absolute atomic E-state index is 12.4. The van der Waals surface area contributed by atoms with Gasteiger partial charge < -0.3 is 9.72 Å². The molecule has 2 nitrogen and oxygen atoms in total. The lowest BCUT2D eigenvalue weighted by Crippen LogP contribution is -2.17. The Morgan fingerprint density at radius 3 is 2.35 bits per heavy atom. The van der Waals surface area contributed by atoms with Gasteiger partial charge in [-0.3, -0.25) is 0 Å². The minimum atomic E-state index is -4.69. The number of hydrogen-bond acceptors (Lipinski definition) is 1. The molecule has 2 aromatic rings. The zero-order valence-electron chi connectivity index (χ0n) is 11.9. The van der Waals surface area contributed by atoms with Crippen molar-refractivity contribution in [1.29, 1.82) is 0 Å². The number of halogens is 3. The molecule has 2 rings (SSSR count). The van der Waals surface area contributed by atoms with Gasteiger partial charge in [-0.05, 0) is 23.0 Å². The number of fused-ring (bicyclic) bond motifs is 1. The van der Waals surface area contributed by atoms with Gasteiger partial charge in [0.2, 0.25) is 0 Å². The largest absolute Gasteiger partial charge is 0.573 e. The van der Waals surface area contributed by atoms with Crippen LogP contribution in [-0.2, 0) is 0 Å². The van der Waals surface area contributed by atoms with Crippen molar-refractivity contribution >= 4 is 10.9 Å². The topological polar surface area (TPSA) is 25.0 Å². The molecule has 0 saturated heterocycles. The molecule has 1 aromatic heterocycles. The lowest BCUT2D eigenvalue weighted by atomic mass is 9.78. The highest BCUT2D eigenvalue weighted by molar-refractivity contribution is 5.88. The Kier molecular flexibility index (Phi) is 3.48. The van der Waals surface area contributed by atoms with Crippen molar-refractivity contribution in [2.45, 2.75) is 40.0 Å². The second kappa shape index (κ2) is 4.72. The maximum atomic E-state index is 12.4. The zero-order chi connectivity index (χ0) is 15.1. The maximum Gasteiger partial charge on any atom is 0.573 e. The molecule has 0 aliphatic rings. The number of aromatic nitrogens is 1. The van der Waals surface area contributed by atoms with E-state index in [-0.39, 0.29) is 17.1 Å². The normalized spacial score (nSPS) is 14.6. The van der Waals surface area contributed by atoms with Gasteiger partial charge in [-0.1, -0.05) is 39.8 Å². The molecule has 0 aliphatic heterocycles. The smallest absolute Gasteiger partial charge is 0.404 e. The van der Waals surface area contributed by atoms with Crippen LogP contribution < -0.4 is 4.74 Å². The summed E-state index contributed by atoms with van der Waals surface area (Å²) in [6.45, 7) is 8.38. The van der Waals surface area contributed by atoms with Crippen molar-refractivity contribution in [2.24, 2.45) is 5.41 Å². The number of rotatable bonds is 2. The van der Waals surface area contributed by atoms with E-state index in [0.717, 1.165) is 10.9 Å². The van der Waals surface area contributed by atoms with Crippen LogP contribution in [0.25, 0.3) is 10.9 Å². The Bertz CT molecular complexity index is 608. The van der Waals surface area contributed by atoms with Crippen LogP contribution in [0.1, 0.15) is 39.2 Å². The molecule has 1 N–H and O–H groups in total. The zero-order valence-corrected chi connectivity index (χ0v) is 11.9. The number of nitrogens with one attached hydrogen (secondary N) is 1. The number of hydrogen-bond donors (Lipinski definition) is 1. The highest BCUT2D eigenvalue weighted by atomic mass is 19.4. The Morgan fingerprint density at radius 1 is 1.15 bits per heavy atom. The van der Waals surface area contributed by atoms with Gasteiger partial charge >= 0.3 is 6.36 Å². The first-order chi connectivity index (χ1) is 9.09. The molecule has 1 atom stereocenters. The number of alkyl halides is 3. The fraction of sp³-hybridized carbons (Fsp3) is 0.467. The van der Waals surface area contributed by atoms with E-state index in [9.17, 15) is 13.2 Å². The predicted molar refractivity (Wildman–Crippen MR) is 72.9 cm³/mol. The van der Waals surface area contributed by atoms with Crippen LogP contribution in [0.15, 0.2) is 24.4 Å². The summed E-state index contributed by atoms with van der Waals surface area (Å²) in [5, 5.41) is 0.772. The molecule has 0 saturated carbocycles. The van der Waals surface area contributed by atoms with Crippen LogP contribution in [0.3, 0.4) is 0 Å². The monoisotopic (exact) mass is 285 g/mol. The molecular weight excluding hydrogens is 267 g/mol. The van der Waals surface area contributed by atoms with E-state index >= 15 is 0 Å². The molecule has 1 unspecified atom stereocenters. The highest BCUT2D eigenvalue weighted by Gasteiger charge is 2.32. The van der Waals surface area contributed by atoms with Crippen LogP contribution in [0.4, 0.5) is 13.2 Å². The Labute approximate surface area is 115 Å². The highest BCUT2D eigenvalue weighted by Crippen LogP contribution is 2.40. The molecule has 1 heterocycles. The van der Waals surface area contributed by atoms with E-state index in [2.05, 4.69) is 37.4 Å². The van der Waals surface area contributed by atoms with Gasteiger partial charge in [0.25, 0.3) is 0 Å². The molecule has 0 spiro atoms. The summed E-state index contributed by atoms with van der Waals surface area (Å²) in [5.41, 5.74) is 1.41. The summed E-state index contributed by atoms with van der Waals surface area (Å²) in [4.78, 5) is 2.91. The third-order valence-corrected chi connectivity index (χ3v) is 3.70. The van der Waals surface area contributed by atoms with Crippen molar-refractivity contribution in [2.75, 3.05) is 0 Å². The average Bonchev–Trinajstić information content (AvgIpc) is 2.69. The van der Waals surface area contributed by atoms with Crippen LogP contribution >= 0.6 is 0 Å². The molecule has 20 heavy (non-hydrogen) atoms. The van der Waals surface area contributed by atoms with Gasteiger partial charge in [-0.25, -0.2) is 0 Å². The van der Waals surface area contributed by atoms with Gasteiger partial charge in [0.15, 0.2) is 5.75 Å². The lowest BCUT2D eigenvalue weighted by Gasteiger charge is -2.27. The fourth-order valence-corrected chi connectivity index (χ4v) is 2.18. The average molecular weight is 285 g/mol. The van der Waals surface area contributed by atoms with Gasteiger partial charge in [-0.2, -0.15) is 0 Å². The Morgan fingerprint density at radius 2 is 1.80 bits per heavy atom. The van der Waals surface area contributed by atoms with E-state index in [1.165, 1.54) is 6.07 Å². The number of para-hydroxylation sites is 1. The van der Waals surface area contributed by atoms with E-state index in [1.54, 1.807) is 12.3 Å². The van der Waals surface area contributed by atoms with Crippen LogP contribution in [-0.4, -0.2) is 11.3 Å². The van der Waals surface area contributed by atoms with Gasteiger partial charge in [0, 0.05) is 11.6 Å². The molecule has 0 aliphatic carbocycles. The van der Waals surface area contributed by atoms with Gasteiger partial charge in [0.1, 0.15) is 0 Å². The first kappa shape index (κ1) is 14.8. The second-order valence-corrected chi connectivity index (χ2v) is 6.06. The standard InChI is InChI=1S/C15H18F3NO/c1-9(14(2,3)4)11-8-19-13-10(11)6-5-7-12(13)20-15(16,17)18/h5-9,19H,1-4H3. The van der Waals surface area contributed by atoms with E-state index in [4.69, 9.17) is 0 Å². The van der Waals surface area contributed by atoms with Gasteiger partial charge in [-0.15, -0.1) is 13.2 Å². The van der Waals surface area contributed by atoms with Crippen LogP contribution in [0, 0.1) is 5.41 Å². The summed E-state index contributed by atoms with van der Waals surface area (Å²) >= 11 is 0. The second-order valence-electron chi connectivity index (χ2n) is 6.06. The summed E-state index contributed by atoms with van der Waals surface area (Å²) in [6.07, 6.45) is -2.92. The van der Waals surface area contributed by atoms with Crippen molar-refractivity contribution in [3.8, 4) is 5.75 Å². The molecular formula is C15H18F3NO. The Hall–Kier alpha value is -1.65. The summed E-state index contributed by atoms with van der Waals surface area (Å²) < 4.78 is 41.2. The molecule has 1 aromatic carbocycles. The molecule has 0 amide bonds. The fourth-order valence-electron chi connectivity index (χ4n) is 2.18. The van der Waals surface area contributed by atoms with E-state index < -0.39 is 6.36 Å². The Balaban J connectivity index is 2.50. The molecule has 0 fully saturated rings. The summed E-state index contributed by atoms with van der Waals surface area (Å²) in [7, 11) is 0. The van der Waals surface area contributed by atoms with Crippen molar-refractivity contribution in [1.82, 2.24) is 4.98 Å². The van der Waals surface area contributed by atoms with Crippen molar-refractivity contribution in [3.05, 3.63) is 30.0 Å². The summed E-state index contributed by atoms with van der Waals surface area (Å²) in [6, 6.07) is 4.71. The van der Waals surface area contributed by atoms with E-state index in [0.29, 0.717) is 5.52 Å². The van der Waals surface area contributed by atoms with Crippen molar-refractivity contribution in [3.63, 3.8) is 0 Å². The summed E-state index contributed by atoms with van der Waals surface area (Å²) in [5.74, 6) is 0.0137. The number of H-pyrrole nitrogens is 1. The molecule has 0 radical (unpaired) electrons. The molecule has 110 valence electrons. The number of benzene rings is 1. The van der Waals surface area contributed by atoms with Crippen LogP contribution in [0.2, 0.25) is 0 Å². The SMILES string of the molecule is CC(c1c[nH]c2c(OC(F)(F)F)cccc12)C(C)(C)C. The predicted octanol–water partition coefficient (Wildman–Crippen LogP) is 5.22. The van der Waals surface area contributed by atoms with Crippen molar-refractivity contribution < 1.29 is 17.9 Å². The minimum absolute atomic E-state index is 0.0238. The molecule has 5 heteroatoms. The third-order valence-electron chi connectivity index (χ3n) is 3.70.